The number of hydrogen-bond acceptors (Lipinski definition) is 5. The number of aryl methyl sites for hydroxylation is 1. The first-order valence-corrected chi connectivity index (χ1v) is 10.6. The summed E-state index contributed by atoms with van der Waals surface area (Å²) < 4.78 is 54.0. The number of ether oxygens (including phenoxy) is 1. The standard InChI is InChI=1S/C16H20N2O5S2/c1-3-13-5-9-15(10-6-13)24(19,20)17-18-25(21,22)16-11-7-14(8-12-16)23-4-2/h5-12,17-18H,3-4H2,1-2H3. The summed E-state index contributed by atoms with van der Waals surface area (Å²) >= 11 is 0. The second-order valence-corrected chi connectivity index (χ2v) is 8.48. The molecule has 0 saturated heterocycles. The molecule has 136 valence electrons. The van der Waals surface area contributed by atoms with Crippen molar-refractivity contribution in [3.63, 3.8) is 0 Å². The maximum Gasteiger partial charge on any atom is 0.254 e. The highest BCUT2D eigenvalue weighted by molar-refractivity contribution is 7.92. The molecule has 2 rings (SSSR count). The maximum absolute atomic E-state index is 12.2. The number of sulfonamides is 2. The van der Waals surface area contributed by atoms with Crippen LogP contribution in [0.15, 0.2) is 58.3 Å². The van der Waals surface area contributed by atoms with Crippen LogP contribution in [0.2, 0.25) is 0 Å². The summed E-state index contributed by atoms with van der Waals surface area (Å²) in [6.45, 7) is 4.22. The van der Waals surface area contributed by atoms with E-state index in [1.165, 1.54) is 36.4 Å². The van der Waals surface area contributed by atoms with Gasteiger partial charge in [0.2, 0.25) is 0 Å². The van der Waals surface area contributed by atoms with Crippen LogP contribution in [-0.4, -0.2) is 23.4 Å². The van der Waals surface area contributed by atoms with Crippen LogP contribution >= 0.6 is 0 Å². The first kappa shape index (κ1) is 19.4. The van der Waals surface area contributed by atoms with Crippen LogP contribution in [-0.2, 0) is 26.5 Å². The third kappa shape index (κ3) is 5.02. The molecule has 0 saturated carbocycles. The Balaban J connectivity index is 2.11. The van der Waals surface area contributed by atoms with Crippen molar-refractivity contribution in [2.24, 2.45) is 0 Å². The van der Waals surface area contributed by atoms with Crippen molar-refractivity contribution in [3.8, 4) is 5.75 Å². The van der Waals surface area contributed by atoms with Gasteiger partial charge in [0.25, 0.3) is 20.0 Å². The lowest BCUT2D eigenvalue weighted by atomic mass is 10.2. The molecule has 0 fully saturated rings. The van der Waals surface area contributed by atoms with Crippen LogP contribution in [0.5, 0.6) is 5.75 Å². The minimum atomic E-state index is -4.04. The fourth-order valence-corrected chi connectivity index (χ4v) is 4.12. The van der Waals surface area contributed by atoms with E-state index in [1.807, 2.05) is 23.5 Å². The van der Waals surface area contributed by atoms with Gasteiger partial charge in [-0.3, -0.25) is 0 Å². The lowest BCUT2D eigenvalue weighted by Gasteiger charge is -2.10. The summed E-state index contributed by atoms with van der Waals surface area (Å²) in [5.41, 5.74) is 0.980. The summed E-state index contributed by atoms with van der Waals surface area (Å²) in [5.74, 6) is 0.526. The number of benzene rings is 2. The van der Waals surface area contributed by atoms with E-state index in [0.717, 1.165) is 12.0 Å². The largest absolute Gasteiger partial charge is 0.494 e. The third-order valence-electron chi connectivity index (χ3n) is 3.40. The van der Waals surface area contributed by atoms with Crippen LogP contribution < -0.4 is 14.4 Å². The Hall–Kier alpha value is -1.94. The predicted molar refractivity (Wildman–Crippen MR) is 94.1 cm³/mol. The van der Waals surface area contributed by atoms with Crippen molar-refractivity contribution in [1.29, 1.82) is 0 Å². The van der Waals surface area contributed by atoms with E-state index in [1.54, 1.807) is 12.1 Å². The fourth-order valence-electron chi connectivity index (χ4n) is 2.01. The lowest BCUT2D eigenvalue weighted by Crippen LogP contribution is -2.41. The molecule has 0 radical (unpaired) electrons. The van der Waals surface area contributed by atoms with Gasteiger partial charge < -0.3 is 4.74 Å². The highest BCUT2D eigenvalue weighted by Crippen LogP contribution is 2.16. The number of hydrazine groups is 1. The molecule has 0 aliphatic heterocycles. The molecule has 0 bridgehead atoms. The minimum absolute atomic E-state index is 0.0286. The van der Waals surface area contributed by atoms with Gasteiger partial charge in [-0.05, 0) is 55.3 Å². The first-order chi connectivity index (χ1) is 11.8. The van der Waals surface area contributed by atoms with Crippen LogP contribution in [0.1, 0.15) is 19.4 Å². The van der Waals surface area contributed by atoms with E-state index >= 15 is 0 Å². The van der Waals surface area contributed by atoms with Crippen molar-refractivity contribution in [2.45, 2.75) is 30.1 Å². The van der Waals surface area contributed by atoms with E-state index in [2.05, 4.69) is 0 Å². The highest BCUT2D eigenvalue weighted by Gasteiger charge is 2.19. The van der Waals surface area contributed by atoms with Gasteiger partial charge in [0.05, 0.1) is 16.4 Å². The summed E-state index contributed by atoms with van der Waals surface area (Å²) in [5, 5.41) is 0. The second-order valence-electron chi connectivity index (χ2n) is 5.11. The Bertz CT molecular complexity index is 906. The zero-order valence-electron chi connectivity index (χ0n) is 13.9. The molecular weight excluding hydrogens is 364 g/mol. The maximum atomic E-state index is 12.2. The molecule has 9 heteroatoms. The highest BCUT2D eigenvalue weighted by atomic mass is 32.2. The first-order valence-electron chi connectivity index (χ1n) is 7.64. The molecule has 7 nitrogen and oxygen atoms in total. The van der Waals surface area contributed by atoms with Gasteiger partial charge in [0.15, 0.2) is 0 Å². The SMILES string of the molecule is CCOc1ccc(S(=O)(=O)NNS(=O)(=O)c2ccc(CC)cc2)cc1. The molecule has 0 unspecified atom stereocenters. The van der Waals surface area contributed by atoms with Gasteiger partial charge in [-0.25, -0.2) is 16.8 Å². The van der Waals surface area contributed by atoms with Crippen molar-refractivity contribution in [1.82, 2.24) is 9.66 Å². The van der Waals surface area contributed by atoms with Crippen LogP contribution in [0.3, 0.4) is 0 Å². The van der Waals surface area contributed by atoms with Gasteiger partial charge in [0, 0.05) is 0 Å². The second kappa shape index (κ2) is 7.96. The van der Waals surface area contributed by atoms with Crippen molar-refractivity contribution in [3.05, 3.63) is 54.1 Å². The Morgan fingerprint density at radius 3 is 1.60 bits per heavy atom. The Morgan fingerprint density at radius 2 is 1.20 bits per heavy atom. The third-order valence-corrected chi connectivity index (χ3v) is 6.05. The zero-order valence-corrected chi connectivity index (χ0v) is 15.5. The molecule has 0 heterocycles. The van der Waals surface area contributed by atoms with Gasteiger partial charge in [-0.2, -0.15) is 0 Å². The van der Waals surface area contributed by atoms with Crippen molar-refractivity contribution >= 4 is 20.0 Å². The molecule has 2 aromatic rings. The summed E-state index contributed by atoms with van der Waals surface area (Å²) in [4.78, 5) is 3.67. The number of rotatable bonds is 8. The average Bonchev–Trinajstić information content (AvgIpc) is 2.61. The summed E-state index contributed by atoms with van der Waals surface area (Å²) in [6, 6.07) is 11.9. The Morgan fingerprint density at radius 1 is 0.760 bits per heavy atom. The van der Waals surface area contributed by atoms with Crippen LogP contribution in [0.4, 0.5) is 0 Å². The molecule has 0 aliphatic rings. The zero-order chi connectivity index (χ0) is 18.5. The van der Waals surface area contributed by atoms with Gasteiger partial charge in [-0.1, -0.05) is 19.1 Å². The Kier molecular flexibility index (Phi) is 6.17. The molecule has 25 heavy (non-hydrogen) atoms. The smallest absolute Gasteiger partial charge is 0.254 e. The Labute approximate surface area is 148 Å². The minimum Gasteiger partial charge on any atom is -0.494 e. The molecule has 0 aliphatic carbocycles. The van der Waals surface area contributed by atoms with E-state index < -0.39 is 20.0 Å². The fraction of sp³-hybridized carbons (Fsp3) is 0.250. The molecule has 0 aromatic heterocycles. The molecule has 2 N–H and O–H groups in total. The monoisotopic (exact) mass is 384 g/mol. The normalized spacial score (nSPS) is 12.1. The quantitative estimate of drug-likeness (QED) is 0.676. The molecule has 0 spiro atoms. The molecular formula is C16H20N2O5S2. The summed E-state index contributed by atoms with van der Waals surface area (Å²) in [7, 11) is -8.05. The summed E-state index contributed by atoms with van der Waals surface area (Å²) in [6.07, 6.45) is 0.776. The van der Waals surface area contributed by atoms with Crippen molar-refractivity contribution < 1.29 is 21.6 Å². The van der Waals surface area contributed by atoms with Crippen molar-refractivity contribution in [2.75, 3.05) is 6.61 Å². The molecule has 0 amide bonds. The van der Waals surface area contributed by atoms with E-state index in [9.17, 15) is 16.8 Å². The average molecular weight is 384 g/mol. The number of nitrogens with one attached hydrogen (secondary N) is 2. The van der Waals surface area contributed by atoms with Gasteiger partial charge in [-0.15, -0.1) is 9.66 Å². The molecule has 0 atom stereocenters. The van der Waals surface area contributed by atoms with Crippen LogP contribution in [0.25, 0.3) is 0 Å². The van der Waals surface area contributed by atoms with E-state index in [4.69, 9.17) is 4.74 Å². The van der Waals surface area contributed by atoms with Crippen LogP contribution in [0, 0.1) is 0 Å². The molecule has 2 aromatic carbocycles. The van der Waals surface area contributed by atoms with E-state index in [-0.39, 0.29) is 9.79 Å². The number of hydrogen-bond donors (Lipinski definition) is 2. The van der Waals surface area contributed by atoms with Gasteiger partial charge in [0.1, 0.15) is 5.75 Å². The van der Waals surface area contributed by atoms with Gasteiger partial charge >= 0.3 is 0 Å². The lowest BCUT2D eigenvalue weighted by molar-refractivity contribution is 0.340. The topological polar surface area (TPSA) is 102 Å². The van der Waals surface area contributed by atoms with E-state index in [0.29, 0.717) is 12.4 Å². The predicted octanol–water partition coefficient (Wildman–Crippen LogP) is 1.82.